The quantitative estimate of drug-likeness (QED) is 0.776. The molecular formula is C15H13N3O3. The van der Waals surface area contributed by atoms with Crippen molar-refractivity contribution in [1.82, 2.24) is 15.5 Å². The summed E-state index contributed by atoms with van der Waals surface area (Å²) >= 11 is 0. The molecule has 6 heteroatoms. The number of amides is 1. The van der Waals surface area contributed by atoms with Gasteiger partial charge in [-0.2, -0.15) is 4.98 Å². The predicted octanol–water partition coefficient (Wildman–Crippen LogP) is 2.19. The Kier molecular flexibility index (Phi) is 3.77. The SMILES string of the molecule is O=C(Cc1ccccc1)NCc1noc(-c2ccco2)n1. The third-order valence-electron chi connectivity index (χ3n) is 2.85. The van der Waals surface area contributed by atoms with Crippen molar-refractivity contribution in [2.75, 3.05) is 0 Å². The van der Waals surface area contributed by atoms with Crippen LogP contribution in [0.3, 0.4) is 0 Å². The Labute approximate surface area is 120 Å². The molecule has 106 valence electrons. The second-order valence-corrected chi connectivity index (χ2v) is 4.43. The Bertz CT molecular complexity index is 705. The smallest absolute Gasteiger partial charge is 0.293 e. The summed E-state index contributed by atoms with van der Waals surface area (Å²) in [6, 6.07) is 13.0. The van der Waals surface area contributed by atoms with Crippen LogP contribution in [0.15, 0.2) is 57.7 Å². The van der Waals surface area contributed by atoms with Crippen molar-refractivity contribution < 1.29 is 13.7 Å². The lowest BCUT2D eigenvalue weighted by molar-refractivity contribution is -0.120. The summed E-state index contributed by atoms with van der Waals surface area (Å²) < 4.78 is 10.2. The molecule has 0 saturated carbocycles. The Hall–Kier alpha value is -2.89. The van der Waals surface area contributed by atoms with Gasteiger partial charge in [-0.05, 0) is 17.7 Å². The maximum Gasteiger partial charge on any atom is 0.293 e. The van der Waals surface area contributed by atoms with Crippen molar-refractivity contribution in [1.29, 1.82) is 0 Å². The summed E-state index contributed by atoms with van der Waals surface area (Å²) in [5, 5.41) is 6.54. The number of benzene rings is 1. The molecule has 21 heavy (non-hydrogen) atoms. The Morgan fingerprint density at radius 1 is 1.14 bits per heavy atom. The van der Waals surface area contributed by atoms with Crippen LogP contribution in [0.1, 0.15) is 11.4 Å². The molecule has 6 nitrogen and oxygen atoms in total. The minimum atomic E-state index is -0.0921. The number of hydrogen-bond acceptors (Lipinski definition) is 5. The normalized spacial score (nSPS) is 10.5. The Morgan fingerprint density at radius 3 is 2.76 bits per heavy atom. The molecule has 2 aromatic heterocycles. The molecule has 3 aromatic rings. The second-order valence-electron chi connectivity index (χ2n) is 4.43. The van der Waals surface area contributed by atoms with Crippen LogP contribution in [-0.4, -0.2) is 16.0 Å². The van der Waals surface area contributed by atoms with Crippen LogP contribution in [0, 0.1) is 0 Å². The summed E-state index contributed by atoms with van der Waals surface area (Å²) in [5.41, 5.74) is 0.958. The van der Waals surface area contributed by atoms with Gasteiger partial charge >= 0.3 is 0 Å². The summed E-state index contributed by atoms with van der Waals surface area (Å²) in [7, 11) is 0. The first-order chi connectivity index (χ1) is 10.3. The summed E-state index contributed by atoms with van der Waals surface area (Å²) in [6.07, 6.45) is 1.85. The monoisotopic (exact) mass is 283 g/mol. The minimum absolute atomic E-state index is 0.0921. The number of rotatable bonds is 5. The molecule has 0 unspecified atom stereocenters. The molecule has 0 aliphatic rings. The lowest BCUT2D eigenvalue weighted by Crippen LogP contribution is -2.25. The van der Waals surface area contributed by atoms with E-state index in [1.165, 1.54) is 6.26 Å². The van der Waals surface area contributed by atoms with Gasteiger partial charge in [-0.3, -0.25) is 4.79 Å². The molecule has 1 N–H and O–H groups in total. The van der Waals surface area contributed by atoms with Crippen molar-refractivity contribution >= 4 is 5.91 Å². The van der Waals surface area contributed by atoms with Crippen LogP contribution in [0.25, 0.3) is 11.7 Å². The average molecular weight is 283 g/mol. The lowest BCUT2D eigenvalue weighted by atomic mass is 10.1. The van der Waals surface area contributed by atoms with E-state index in [1.807, 2.05) is 30.3 Å². The van der Waals surface area contributed by atoms with Gasteiger partial charge in [0, 0.05) is 0 Å². The van der Waals surface area contributed by atoms with Crippen LogP contribution in [0.4, 0.5) is 0 Å². The van der Waals surface area contributed by atoms with E-state index in [1.54, 1.807) is 12.1 Å². The Balaban J connectivity index is 1.54. The molecule has 3 rings (SSSR count). The van der Waals surface area contributed by atoms with E-state index in [0.29, 0.717) is 23.9 Å². The van der Waals surface area contributed by atoms with Crippen molar-refractivity contribution in [2.24, 2.45) is 0 Å². The van der Waals surface area contributed by atoms with E-state index >= 15 is 0 Å². The van der Waals surface area contributed by atoms with Gasteiger partial charge in [-0.25, -0.2) is 0 Å². The number of nitrogens with zero attached hydrogens (tertiary/aromatic N) is 2. The highest BCUT2D eigenvalue weighted by molar-refractivity contribution is 5.78. The second kappa shape index (κ2) is 6.04. The molecule has 1 amide bonds. The van der Waals surface area contributed by atoms with Crippen molar-refractivity contribution in [3.63, 3.8) is 0 Å². The standard InChI is InChI=1S/C15H13N3O3/c19-14(9-11-5-2-1-3-6-11)16-10-13-17-15(21-18-13)12-7-4-8-20-12/h1-8H,9-10H2,(H,16,19). The van der Waals surface area contributed by atoms with Gasteiger partial charge in [0.2, 0.25) is 5.91 Å². The highest BCUT2D eigenvalue weighted by atomic mass is 16.5. The van der Waals surface area contributed by atoms with Gasteiger partial charge in [-0.15, -0.1) is 0 Å². The van der Waals surface area contributed by atoms with Crippen LogP contribution in [0.5, 0.6) is 0 Å². The fourth-order valence-corrected chi connectivity index (χ4v) is 1.85. The summed E-state index contributed by atoms with van der Waals surface area (Å²) in [6.45, 7) is 0.218. The first-order valence-electron chi connectivity index (χ1n) is 6.48. The molecule has 0 bridgehead atoms. The molecule has 0 fully saturated rings. The minimum Gasteiger partial charge on any atom is -0.459 e. The number of carbonyl (C=O) groups excluding carboxylic acids is 1. The van der Waals surface area contributed by atoms with Gasteiger partial charge in [0.1, 0.15) is 0 Å². The van der Waals surface area contributed by atoms with Gasteiger partial charge in [0.25, 0.3) is 5.89 Å². The molecule has 0 aliphatic carbocycles. The molecule has 0 saturated heterocycles. The number of nitrogens with one attached hydrogen (secondary N) is 1. The maximum absolute atomic E-state index is 11.8. The van der Waals surface area contributed by atoms with Crippen LogP contribution in [-0.2, 0) is 17.8 Å². The zero-order chi connectivity index (χ0) is 14.5. The van der Waals surface area contributed by atoms with E-state index in [9.17, 15) is 4.79 Å². The molecule has 0 atom stereocenters. The van der Waals surface area contributed by atoms with Crippen molar-refractivity contribution in [3.8, 4) is 11.7 Å². The van der Waals surface area contributed by atoms with Crippen LogP contribution in [0.2, 0.25) is 0 Å². The largest absolute Gasteiger partial charge is 0.459 e. The highest BCUT2D eigenvalue weighted by Crippen LogP contribution is 2.16. The number of furan rings is 1. The average Bonchev–Trinajstić information content (AvgIpc) is 3.17. The molecule has 0 radical (unpaired) electrons. The van der Waals surface area contributed by atoms with Crippen LogP contribution < -0.4 is 5.32 Å². The molecule has 1 aromatic carbocycles. The van der Waals surface area contributed by atoms with E-state index in [4.69, 9.17) is 8.94 Å². The first kappa shape index (κ1) is 13.1. The first-order valence-corrected chi connectivity index (χ1v) is 6.48. The third-order valence-corrected chi connectivity index (χ3v) is 2.85. The summed E-state index contributed by atoms with van der Waals surface area (Å²) in [4.78, 5) is 16.0. The fourth-order valence-electron chi connectivity index (χ4n) is 1.85. The van der Waals surface area contributed by atoms with E-state index in [2.05, 4.69) is 15.5 Å². The molecule has 0 aliphatic heterocycles. The maximum atomic E-state index is 11.8. The number of aromatic nitrogens is 2. The summed E-state index contributed by atoms with van der Waals surface area (Å²) in [5.74, 6) is 1.12. The predicted molar refractivity (Wildman–Crippen MR) is 74.0 cm³/mol. The number of hydrogen-bond donors (Lipinski definition) is 1. The topological polar surface area (TPSA) is 81.2 Å². The van der Waals surface area contributed by atoms with E-state index in [0.717, 1.165) is 5.56 Å². The Morgan fingerprint density at radius 2 is 2.00 bits per heavy atom. The third kappa shape index (κ3) is 3.36. The fraction of sp³-hybridized carbons (Fsp3) is 0.133. The number of carbonyl (C=O) groups is 1. The van der Waals surface area contributed by atoms with Crippen molar-refractivity contribution in [3.05, 3.63) is 60.1 Å². The molecular weight excluding hydrogens is 270 g/mol. The molecule has 2 heterocycles. The zero-order valence-electron chi connectivity index (χ0n) is 11.2. The van der Waals surface area contributed by atoms with Gasteiger partial charge < -0.3 is 14.3 Å². The lowest BCUT2D eigenvalue weighted by Gasteiger charge is -2.02. The van der Waals surface area contributed by atoms with Gasteiger partial charge in [0.15, 0.2) is 11.6 Å². The van der Waals surface area contributed by atoms with E-state index in [-0.39, 0.29) is 12.5 Å². The highest BCUT2D eigenvalue weighted by Gasteiger charge is 2.11. The zero-order valence-corrected chi connectivity index (χ0v) is 11.2. The van der Waals surface area contributed by atoms with Crippen molar-refractivity contribution in [2.45, 2.75) is 13.0 Å². The van der Waals surface area contributed by atoms with Gasteiger partial charge in [-0.1, -0.05) is 35.5 Å². The molecule has 0 spiro atoms. The van der Waals surface area contributed by atoms with Crippen LogP contribution >= 0.6 is 0 Å². The van der Waals surface area contributed by atoms with Gasteiger partial charge in [0.05, 0.1) is 19.2 Å². The van der Waals surface area contributed by atoms with E-state index < -0.39 is 0 Å².